The lowest BCUT2D eigenvalue weighted by Gasteiger charge is -2.75. The molecule has 2 aromatic heterocycles. The van der Waals surface area contributed by atoms with E-state index in [-0.39, 0.29) is 18.9 Å². The van der Waals surface area contributed by atoms with Crippen LogP contribution in [0.1, 0.15) is 33.3 Å². The highest BCUT2D eigenvalue weighted by Crippen LogP contribution is 2.66. The number of benzene rings is 1. The van der Waals surface area contributed by atoms with Crippen LogP contribution in [0.15, 0.2) is 53.8 Å². The number of pyridine rings is 1. The third-order valence-electron chi connectivity index (χ3n) is 8.57. The molecule has 0 amide bonds. The normalized spacial score (nSPS) is 34.5. The van der Waals surface area contributed by atoms with Gasteiger partial charge in [-0.25, -0.2) is 0 Å². The molecule has 0 radical (unpaired) electrons. The van der Waals surface area contributed by atoms with Crippen molar-refractivity contribution in [2.45, 2.75) is 67.5 Å². The first-order valence-corrected chi connectivity index (χ1v) is 15.7. The van der Waals surface area contributed by atoms with Gasteiger partial charge in [0, 0.05) is 49.1 Å². The van der Waals surface area contributed by atoms with Gasteiger partial charge in [-0.15, -0.1) is 8.59 Å². The van der Waals surface area contributed by atoms with Gasteiger partial charge in [0.1, 0.15) is 11.4 Å². The Hall–Kier alpha value is -2.29. The minimum Gasteiger partial charge on any atom is -0.459 e. The van der Waals surface area contributed by atoms with Gasteiger partial charge in [-0.1, -0.05) is 17.3 Å². The van der Waals surface area contributed by atoms with Crippen molar-refractivity contribution in [2.24, 2.45) is 5.73 Å². The first kappa shape index (κ1) is 28.2. The number of H-pyrrole nitrogens is 1. The summed E-state index contributed by atoms with van der Waals surface area (Å²) in [4.78, 5) is 21.9. The molecular weight excluding hydrogens is 542 g/mol. The Bertz CT molecular complexity index is 1480. The molecule has 0 saturated carbocycles. The number of hydrogen-bond donors (Lipinski definition) is 6. The third kappa shape index (κ3) is 3.63. The Morgan fingerprint density at radius 3 is 2.51 bits per heavy atom. The van der Waals surface area contributed by atoms with Gasteiger partial charge in [-0.3, -0.25) is 14.5 Å². The molecular formula is C27H35N3O7S2. The average molecular weight is 578 g/mol. The van der Waals surface area contributed by atoms with Crippen LogP contribution in [0.3, 0.4) is 0 Å². The number of aliphatic hydroxyl groups excluding tert-OH is 1. The van der Waals surface area contributed by atoms with Crippen LogP contribution in [-0.4, -0.2) is 77.7 Å². The second-order valence-corrected chi connectivity index (χ2v) is 15.4. The molecule has 3 saturated heterocycles. The number of carbonyl (C=O) groups excluding carboxylic acids is 1. The van der Waals surface area contributed by atoms with Crippen LogP contribution in [0.4, 0.5) is 0 Å². The zero-order chi connectivity index (χ0) is 28.5. The molecule has 10 nitrogen and oxygen atoms in total. The molecule has 0 spiro atoms. The Labute approximate surface area is 232 Å². The summed E-state index contributed by atoms with van der Waals surface area (Å²) in [6.07, 6.45) is 3.81. The third-order valence-corrected chi connectivity index (χ3v) is 13.0. The molecule has 5 atom stereocenters. The van der Waals surface area contributed by atoms with Crippen LogP contribution >= 0.6 is 0 Å². The molecule has 1 aromatic carbocycles. The fraction of sp³-hybridized carbons (Fsp3) is 0.481. The maximum absolute atomic E-state index is 14.4. The van der Waals surface area contributed by atoms with Crippen molar-refractivity contribution in [2.75, 3.05) is 18.9 Å². The van der Waals surface area contributed by atoms with Gasteiger partial charge in [0.15, 0.2) is 11.2 Å². The van der Waals surface area contributed by atoms with Crippen molar-refractivity contribution >= 4 is 35.8 Å². The minimum absolute atomic E-state index is 0.0198. The summed E-state index contributed by atoms with van der Waals surface area (Å²) in [5.41, 5.74) is 2.05. The molecule has 3 fully saturated rings. The standard InChI is InChI=1S/C27H35N3O7S2/c1-23(33)25(3)24(2,34)27(36-25,22(32)39(38,14-11-28)21-7-5-6-12-29-21)37-26(23,4)35-18-8-9-20-19(15-18)17(10-13-31)16-30-20/h5-9,12,15-16,30-31,33-34,39H,10-11,13-14,28H2,1-4H3/t23?,24?,25?,26?,27-/m0/s1. The SMILES string of the molecule is CC1(Oc2ccc3[nH]cc(CCO)c3c2)O[C@]2(C(=O)[SH](=S)(CCN)c3ccccn3)OC(C)(C1(C)O)C2(C)O. The zero-order valence-corrected chi connectivity index (χ0v) is 24.0. The smallest absolute Gasteiger partial charge is 0.275 e. The Morgan fingerprint density at radius 1 is 1.15 bits per heavy atom. The number of aliphatic hydroxyl groups is 3. The highest BCUT2D eigenvalue weighted by Gasteiger charge is 2.90. The number of thiol groups is 1. The van der Waals surface area contributed by atoms with E-state index in [4.69, 9.17) is 31.1 Å². The van der Waals surface area contributed by atoms with E-state index in [9.17, 15) is 20.1 Å². The highest BCUT2D eigenvalue weighted by molar-refractivity contribution is 8.48. The molecule has 12 heteroatoms. The highest BCUT2D eigenvalue weighted by atomic mass is 32.9. The van der Waals surface area contributed by atoms with E-state index in [1.807, 2.05) is 12.3 Å². The van der Waals surface area contributed by atoms with Crippen molar-refractivity contribution in [3.8, 4) is 5.75 Å². The predicted octanol–water partition coefficient (Wildman–Crippen LogP) is 1.10. The molecule has 212 valence electrons. The van der Waals surface area contributed by atoms with Gasteiger partial charge in [0.25, 0.3) is 5.79 Å². The number of rotatable bonds is 8. The summed E-state index contributed by atoms with van der Waals surface area (Å²) in [5, 5.41) is 33.7. The molecule has 3 aliphatic rings. The van der Waals surface area contributed by atoms with Crippen molar-refractivity contribution in [1.82, 2.24) is 9.97 Å². The second kappa shape index (κ2) is 9.11. The number of fused-ring (bicyclic) bond motifs is 3. The topological polar surface area (TPSA) is 160 Å². The molecule has 3 aliphatic heterocycles. The number of nitrogens with one attached hydrogen (secondary N) is 1. The molecule has 6 N–H and O–H groups in total. The van der Waals surface area contributed by atoms with E-state index >= 15 is 0 Å². The summed E-state index contributed by atoms with van der Waals surface area (Å²) < 4.78 is 18.8. The first-order valence-electron chi connectivity index (χ1n) is 12.7. The van der Waals surface area contributed by atoms with Gasteiger partial charge in [-0.2, -0.15) is 0 Å². The molecule has 0 aliphatic carbocycles. The van der Waals surface area contributed by atoms with E-state index in [1.54, 1.807) is 36.5 Å². The summed E-state index contributed by atoms with van der Waals surface area (Å²) in [6.45, 7) is 5.96. The Kier molecular flexibility index (Phi) is 6.60. The monoisotopic (exact) mass is 577 g/mol. The van der Waals surface area contributed by atoms with Gasteiger partial charge in [0.2, 0.25) is 10.9 Å². The van der Waals surface area contributed by atoms with E-state index in [1.165, 1.54) is 27.7 Å². The van der Waals surface area contributed by atoms with Crippen LogP contribution in [0.25, 0.3) is 10.9 Å². The average Bonchev–Trinajstić information content (AvgIpc) is 3.29. The van der Waals surface area contributed by atoms with E-state index in [2.05, 4.69) is 9.97 Å². The van der Waals surface area contributed by atoms with Crippen LogP contribution in [-0.2, 0) is 40.5 Å². The molecule has 6 rings (SSSR count). The Morgan fingerprint density at radius 2 is 1.90 bits per heavy atom. The largest absolute Gasteiger partial charge is 0.459 e. The zero-order valence-electron chi connectivity index (χ0n) is 22.3. The van der Waals surface area contributed by atoms with Crippen molar-refractivity contribution in [3.05, 3.63) is 54.4 Å². The number of nitrogens with zero attached hydrogens (tertiary/aromatic N) is 1. The molecule has 5 heterocycles. The number of nitrogens with two attached hydrogens (primary N) is 1. The summed E-state index contributed by atoms with van der Waals surface area (Å²) in [7, 11) is -3.20. The van der Waals surface area contributed by atoms with Crippen LogP contribution in [0.2, 0.25) is 0 Å². The lowest BCUT2D eigenvalue weighted by atomic mass is 9.59. The van der Waals surface area contributed by atoms with Gasteiger partial charge in [-0.05, 0) is 63.1 Å². The minimum atomic E-state index is -3.20. The van der Waals surface area contributed by atoms with Crippen molar-refractivity contribution in [3.63, 3.8) is 0 Å². The van der Waals surface area contributed by atoms with Crippen LogP contribution in [0, 0.1) is 0 Å². The second-order valence-electron chi connectivity index (χ2n) is 10.8. The molecule has 4 unspecified atom stereocenters. The fourth-order valence-corrected chi connectivity index (χ4v) is 9.12. The van der Waals surface area contributed by atoms with Gasteiger partial charge >= 0.3 is 0 Å². The van der Waals surface area contributed by atoms with Gasteiger partial charge < -0.3 is 35.5 Å². The molecule has 39 heavy (non-hydrogen) atoms. The number of ether oxygens (including phenoxy) is 3. The lowest BCUT2D eigenvalue weighted by molar-refractivity contribution is -0.575. The van der Waals surface area contributed by atoms with Crippen LogP contribution in [0.5, 0.6) is 5.75 Å². The number of aromatic amines is 1. The van der Waals surface area contributed by atoms with E-state index in [0.717, 1.165) is 16.5 Å². The summed E-state index contributed by atoms with van der Waals surface area (Å²) >= 11 is 5.97. The van der Waals surface area contributed by atoms with Crippen LogP contribution < -0.4 is 10.5 Å². The Balaban J connectivity index is 1.59. The van der Waals surface area contributed by atoms with Crippen molar-refractivity contribution < 1.29 is 34.3 Å². The lowest BCUT2D eigenvalue weighted by Crippen LogP contribution is -2.97. The van der Waals surface area contributed by atoms with Gasteiger partial charge in [0.05, 0.1) is 5.03 Å². The molecule has 2 bridgehead atoms. The number of hydrogen-bond acceptors (Lipinski definition) is 10. The summed E-state index contributed by atoms with van der Waals surface area (Å²) in [5.74, 6) is -3.60. The number of aromatic nitrogens is 2. The summed E-state index contributed by atoms with van der Waals surface area (Å²) in [6, 6.07) is 10.4. The fourth-order valence-electron chi connectivity index (χ4n) is 5.75. The maximum Gasteiger partial charge on any atom is 0.275 e. The molecule has 3 aromatic rings. The van der Waals surface area contributed by atoms with E-state index in [0.29, 0.717) is 17.2 Å². The first-order chi connectivity index (χ1) is 18.2. The maximum atomic E-state index is 14.4. The number of carbonyl (C=O) groups is 1. The predicted molar refractivity (Wildman–Crippen MR) is 150 cm³/mol. The van der Waals surface area contributed by atoms with Crippen molar-refractivity contribution in [1.29, 1.82) is 0 Å². The quantitative estimate of drug-likeness (QED) is 0.214. The van der Waals surface area contributed by atoms with E-state index < -0.39 is 42.1 Å².